The van der Waals surface area contributed by atoms with Gasteiger partial charge in [-0.15, -0.1) is 0 Å². The van der Waals surface area contributed by atoms with E-state index in [1.807, 2.05) is 49.4 Å². The highest BCUT2D eigenvalue weighted by Gasteiger charge is 2.11. The van der Waals surface area contributed by atoms with Crippen LogP contribution in [0.3, 0.4) is 0 Å². The van der Waals surface area contributed by atoms with Crippen LogP contribution in [-0.2, 0) is 0 Å². The topological polar surface area (TPSA) is 39.4 Å². The second-order valence-corrected chi connectivity index (χ2v) is 5.51. The van der Waals surface area contributed by atoms with E-state index in [9.17, 15) is 4.79 Å². The maximum Gasteiger partial charge on any atom is 0.211 e. The van der Waals surface area contributed by atoms with E-state index in [0.29, 0.717) is 23.3 Å². The summed E-state index contributed by atoms with van der Waals surface area (Å²) in [5, 5.41) is 0.540. The second kappa shape index (κ2) is 6.71. The van der Waals surface area contributed by atoms with Gasteiger partial charge in [0.05, 0.1) is 5.39 Å². The van der Waals surface area contributed by atoms with Gasteiger partial charge in [0, 0.05) is 5.56 Å². The highest BCUT2D eigenvalue weighted by Crippen LogP contribution is 2.26. The average molecular weight is 327 g/mol. The molecule has 0 unspecified atom stereocenters. The quantitative estimate of drug-likeness (QED) is 0.688. The number of hydrogen-bond donors (Lipinski definition) is 0. The molecule has 0 aliphatic carbocycles. The lowest BCUT2D eigenvalue weighted by Crippen LogP contribution is -2.03. The number of ether oxygens (including phenoxy) is 1. The monoisotopic (exact) mass is 326 g/mol. The van der Waals surface area contributed by atoms with Crippen molar-refractivity contribution in [2.45, 2.75) is 6.92 Å². The summed E-state index contributed by atoms with van der Waals surface area (Å²) in [6.45, 7) is 2.29. The predicted octanol–water partition coefficient (Wildman–Crippen LogP) is 4.85. The molecule has 0 N–H and O–H groups in total. The summed E-state index contributed by atoms with van der Waals surface area (Å²) in [6, 6.07) is 13.4. The molecule has 0 aliphatic rings. The second-order valence-electron chi connectivity index (χ2n) is 5.10. The molecule has 0 amide bonds. The van der Waals surface area contributed by atoms with Gasteiger partial charge in [-0.1, -0.05) is 48.0 Å². The van der Waals surface area contributed by atoms with Crippen molar-refractivity contribution in [3.05, 3.63) is 81.2 Å². The Morgan fingerprint density at radius 3 is 2.74 bits per heavy atom. The minimum Gasteiger partial charge on any atom is -0.489 e. The molecule has 3 aromatic rings. The first-order chi connectivity index (χ1) is 11.2. The highest BCUT2D eigenvalue weighted by molar-refractivity contribution is 6.30. The van der Waals surface area contributed by atoms with Gasteiger partial charge in [-0.3, -0.25) is 4.79 Å². The zero-order valence-electron chi connectivity index (χ0n) is 12.6. The first-order valence-electron chi connectivity index (χ1n) is 7.22. The van der Waals surface area contributed by atoms with Gasteiger partial charge in [-0.05, 0) is 30.7 Å². The molecule has 3 rings (SSSR count). The zero-order valence-corrected chi connectivity index (χ0v) is 13.3. The maximum absolute atomic E-state index is 12.0. The number of hydrogen-bond acceptors (Lipinski definition) is 3. The van der Waals surface area contributed by atoms with Crippen LogP contribution in [0.2, 0.25) is 5.02 Å². The molecule has 1 heterocycles. The number of fused-ring (bicyclic) bond motifs is 1. The van der Waals surface area contributed by atoms with Crippen LogP contribution in [0.1, 0.15) is 11.1 Å². The fourth-order valence-corrected chi connectivity index (χ4v) is 2.49. The first-order valence-corrected chi connectivity index (χ1v) is 7.59. The summed E-state index contributed by atoms with van der Waals surface area (Å²) in [4.78, 5) is 12.0. The minimum absolute atomic E-state index is 0.0800. The van der Waals surface area contributed by atoms with Crippen molar-refractivity contribution in [3.8, 4) is 5.75 Å². The van der Waals surface area contributed by atoms with Crippen LogP contribution < -0.4 is 10.2 Å². The van der Waals surface area contributed by atoms with Crippen molar-refractivity contribution in [3.63, 3.8) is 0 Å². The fraction of sp³-hybridized carbons (Fsp3) is 0.105. The van der Waals surface area contributed by atoms with Gasteiger partial charge in [0.1, 0.15) is 29.2 Å². The van der Waals surface area contributed by atoms with E-state index in [1.165, 1.54) is 6.26 Å². The Balaban J connectivity index is 1.79. The van der Waals surface area contributed by atoms with Gasteiger partial charge in [0.15, 0.2) is 0 Å². The average Bonchev–Trinajstić information content (AvgIpc) is 2.58. The number of rotatable bonds is 4. The number of halogens is 1. The van der Waals surface area contributed by atoms with Gasteiger partial charge < -0.3 is 9.15 Å². The highest BCUT2D eigenvalue weighted by atomic mass is 35.5. The Labute approximate surface area is 138 Å². The van der Waals surface area contributed by atoms with Gasteiger partial charge in [0.2, 0.25) is 5.43 Å². The molecular formula is C19H15ClO3. The van der Waals surface area contributed by atoms with Crippen LogP contribution in [0, 0.1) is 6.92 Å². The SMILES string of the molecule is Cc1c(OC/C=C/c2ccccc2)ccc2c(=O)c(Cl)coc12. The Morgan fingerprint density at radius 1 is 1.17 bits per heavy atom. The summed E-state index contributed by atoms with van der Waals surface area (Å²) < 4.78 is 11.2. The molecule has 116 valence electrons. The Kier molecular flexibility index (Phi) is 4.49. The molecule has 4 heteroatoms. The van der Waals surface area contributed by atoms with Gasteiger partial charge in [0.25, 0.3) is 0 Å². The lowest BCUT2D eigenvalue weighted by atomic mass is 10.1. The summed E-state index contributed by atoms with van der Waals surface area (Å²) in [5.74, 6) is 0.681. The third kappa shape index (κ3) is 3.30. The van der Waals surface area contributed by atoms with Crippen molar-refractivity contribution in [1.29, 1.82) is 0 Å². The summed E-state index contributed by atoms with van der Waals surface area (Å²) >= 11 is 5.79. The molecule has 2 aromatic carbocycles. The van der Waals surface area contributed by atoms with Gasteiger partial charge in [-0.2, -0.15) is 0 Å². The lowest BCUT2D eigenvalue weighted by molar-refractivity contribution is 0.361. The molecule has 0 spiro atoms. The third-order valence-electron chi connectivity index (χ3n) is 3.54. The summed E-state index contributed by atoms with van der Waals surface area (Å²) in [7, 11) is 0. The molecule has 3 nitrogen and oxygen atoms in total. The Morgan fingerprint density at radius 2 is 1.96 bits per heavy atom. The smallest absolute Gasteiger partial charge is 0.211 e. The predicted molar refractivity (Wildman–Crippen MR) is 93.2 cm³/mol. The van der Waals surface area contributed by atoms with Crippen molar-refractivity contribution in [2.75, 3.05) is 6.61 Å². The molecule has 0 aliphatic heterocycles. The van der Waals surface area contributed by atoms with Crippen molar-refractivity contribution in [1.82, 2.24) is 0 Å². The van der Waals surface area contributed by atoms with Crippen molar-refractivity contribution in [2.24, 2.45) is 0 Å². The van der Waals surface area contributed by atoms with E-state index in [1.54, 1.807) is 12.1 Å². The normalized spacial score (nSPS) is 11.2. The largest absolute Gasteiger partial charge is 0.489 e. The summed E-state index contributed by atoms with van der Waals surface area (Å²) in [6.07, 6.45) is 5.20. The van der Waals surface area contributed by atoms with E-state index >= 15 is 0 Å². The van der Waals surface area contributed by atoms with E-state index in [4.69, 9.17) is 20.8 Å². The van der Waals surface area contributed by atoms with E-state index in [0.717, 1.165) is 11.1 Å². The minimum atomic E-state index is -0.230. The van der Waals surface area contributed by atoms with Crippen LogP contribution in [0.5, 0.6) is 5.75 Å². The molecule has 23 heavy (non-hydrogen) atoms. The lowest BCUT2D eigenvalue weighted by Gasteiger charge is -2.09. The van der Waals surface area contributed by atoms with Crippen LogP contribution >= 0.6 is 11.6 Å². The van der Waals surface area contributed by atoms with Crippen molar-refractivity contribution >= 4 is 28.6 Å². The molecule has 0 saturated carbocycles. The number of aryl methyl sites for hydroxylation is 1. The fourth-order valence-electron chi connectivity index (χ4n) is 2.34. The number of benzene rings is 2. The maximum atomic E-state index is 12.0. The van der Waals surface area contributed by atoms with Gasteiger partial charge >= 0.3 is 0 Å². The molecule has 0 bridgehead atoms. The third-order valence-corrected chi connectivity index (χ3v) is 3.80. The molecular weight excluding hydrogens is 312 g/mol. The Hall–Kier alpha value is -2.52. The molecule has 0 radical (unpaired) electrons. The standard InChI is InChI=1S/C19H15ClO3/c1-13-17(22-11-5-8-14-6-3-2-4-7-14)10-9-15-18(21)16(20)12-23-19(13)15/h2-10,12H,11H2,1H3/b8-5+. The van der Waals surface area contributed by atoms with Crippen LogP contribution in [0.15, 0.2) is 64.0 Å². The van der Waals surface area contributed by atoms with Crippen LogP contribution in [0.25, 0.3) is 17.0 Å². The molecule has 0 fully saturated rings. The Bertz CT molecular complexity index is 911. The molecule has 0 atom stereocenters. The molecule has 1 aromatic heterocycles. The summed E-state index contributed by atoms with van der Waals surface area (Å²) in [5.41, 5.74) is 2.17. The van der Waals surface area contributed by atoms with Crippen LogP contribution in [0.4, 0.5) is 0 Å². The van der Waals surface area contributed by atoms with Gasteiger partial charge in [-0.25, -0.2) is 0 Å². The zero-order chi connectivity index (χ0) is 16.2. The first kappa shape index (κ1) is 15.4. The van der Waals surface area contributed by atoms with Crippen molar-refractivity contribution < 1.29 is 9.15 Å². The molecule has 0 saturated heterocycles. The van der Waals surface area contributed by atoms with E-state index in [-0.39, 0.29) is 10.5 Å². The van der Waals surface area contributed by atoms with E-state index < -0.39 is 0 Å². The van der Waals surface area contributed by atoms with Crippen LogP contribution in [-0.4, -0.2) is 6.61 Å². The van der Waals surface area contributed by atoms with E-state index in [2.05, 4.69) is 0 Å².